The number of halogens is 1. The molecule has 0 aliphatic heterocycles. The molecule has 0 bridgehead atoms. The molecule has 0 unspecified atom stereocenters. The molecule has 0 heterocycles. The van der Waals surface area contributed by atoms with Crippen molar-refractivity contribution < 1.29 is 17.4 Å². The van der Waals surface area contributed by atoms with Crippen molar-refractivity contribution in [3.05, 3.63) is 30.1 Å². The van der Waals surface area contributed by atoms with Gasteiger partial charge >= 0.3 is 0 Å². The van der Waals surface area contributed by atoms with E-state index in [1.54, 1.807) is 0 Å². The molecule has 1 N–H and O–H groups in total. The molecule has 0 saturated heterocycles. The molecule has 0 fully saturated rings. The predicted octanol–water partition coefficient (Wildman–Crippen LogP) is 0.698. The number of anilines is 1. The van der Waals surface area contributed by atoms with Crippen LogP contribution in [0.15, 0.2) is 24.3 Å². The summed E-state index contributed by atoms with van der Waals surface area (Å²) in [6.07, 6.45) is 0. The second-order valence-electron chi connectivity index (χ2n) is 2.04. The van der Waals surface area contributed by atoms with E-state index in [-0.39, 0.29) is 5.69 Å². The van der Waals surface area contributed by atoms with Gasteiger partial charge in [-0.3, -0.25) is 4.72 Å². The van der Waals surface area contributed by atoms with E-state index in [4.69, 9.17) is 0 Å². The molecule has 12 heavy (non-hydrogen) atoms. The molecule has 1 aromatic carbocycles. The lowest BCUT2D eigenvalue weighted by Gasteiger charge is -2.09. The summed E-state index contributed by atoms with van der Waals surface area (Å²) in [5.74, 6) is -0.781. The molecule has 4 nitrogen and oxygen atoms in total. The highest BCUT2D eigenvalue weighted by Crippen LogP contribution is 2.12. The SMILES string of the molecule is O=S(=O)([O-])Nc1ccccc1F. The molecule has 0 radical (unpaired) electrons. The Labute approximate surface area is 68.9 Å². The van der Waals surface area contributed by atoms with Gasteiger partial charge in [0.15, 0.2) is 10.3 Å². The van der Waals surface area contributed by atoms with Gasteiger partial charge in [-0.1, -0.05) is 12.1 Å². The number of hydrogen-bond acceptors (Lipinski definition) is 3. The fourth-order valence-electron chi connectivity index (χ4n) is 0.679. The van der Waals surface area contributed by atoms with Crippen molar-refractivity contribution in [3.63, 3.8) is 0 Å². The first-order valence-electron chi connectivity index (χ1n) is 2.97. The first-order valence-corrected chi connectivity index (χ1v) is 4.38. The summed E-state index contributed by atoms with van der Waals surface area (Å²) in [5.41, 5.74) is -0.340. The third kappa shape index (κ3) is 2.48. The van der Waals surface area contributed by atoms with Crippen molar-refractivity contribution in [3.8, 4) is 0 Å². The van der Waals surface area contributed by atoms with Crippen molar-refractivity contribution in [2.45, 2.75) is 0 Å². The van der Waals surface area contributed by atoms with Crippen molar-refractivity contribution in [1.82, 2.24) is 0 Å². The number of nitrogens with one attached hydrogen (secondary N) is 1. The standard InChI is InChI=1S/C6H6FNO3S/c7-5-3-1-2-4-6(5)8-12(9,10)11/h1-4,8H,(H,9,10,11)/p-1. The van der Waals surface area contributed by atoms with Crippen LogP contribution in [0.3, 0.4) is 0 Å². The Bertz CT molecular complexity index is 376. The van der Waals surface area contributed by atoms with Gasteiger partial charge in [0.2, 0.25) is 0 Å². The Kier molecular flexibility index (Phi) is 2.30. The van der Waals surface area contributed by atoms with Gasteiger partial charge in [0, 0.05) is 0 Å². The minimum atomic E-state index is -4.64. The van der Waals surface area contributed by atoms with Crippen LogP contribution in [0, 0.1) is 5.82 Å². The summed E-state index contributed by atoms with van der Waals surface area (Å²) in [4.78, 5) is 0. The Morgan fingerprint density at radius 3 is 2.42 bits per heavy atom. The Balaban J connectivity index is 2.98. The molecule has 1 rings (SSSR count). The smallest absolute Gasteiger partial charge is 0.181 e. The van der Waals surface area contributed by atoms with Gasteiger partial charge in [0.25, 0.3) is 0 Å². The van der Waals surface area contributed by atoms with Crippen molar-refractivity contribution in [2.75, 3.05) is 4.72 Å². The minimum absolute atomic E-state index is 0.340. The van der Waals surface area contributed by atoms with Crippen LogP contribution in [0.1, 0.15) is 0 Å². The summed E-state index contributed by atoms with van der Waals surface area (Å²) in [5, 5.41) is 0. The normalized spacial score (nSPS) is 11.2. The lowest BCUT2D eigenvalue weighted by atomic mass is 10.3. The highest BCUT2D eigenvalue weighted by atomic mass is 32.2. The van der Waals surface area contributed by atoms with Crippen LogP contribution in [0.2, 0.25) is 0 Å². The molecule has 0 aliphatic carbocycles. The quantitative estimate of drug-likeness (QED) is 0.698. The van der Waals surface area contributed by atoms with Crippen LogP contribution in [-0.4, -0.2) is 13.0 Å². The maximum atomic E-state index is 12.7. The molecule has 0 aliphatic rings. The minimum Gasteiger partial charge on any atom is -0.731 e. The van der Waals surface area contributed by atoms with Crippen LogP contribution in [-0.2, 0) is 10.3 Å². The largest absolute Gasteiger partial charge is 0.731 e. The second-order valence-corrected chi connectivity index (χ2v) is 3.15. The van der Waals surface area contributed by atoms with E-state index >= 15 is 0 Å². The van der Waals surface area contributed by atoms with E-state index in [2.05, 4.69) is 0 Å². The number of benzene rings is 1. The Morgan fingerprint density at radius 1 is 1.33 bits per heavy atom. The molecule has 0 atom stereocenters. The molecule has 0 aromatic heterocycles. The maximum absolute atomic E-state index is 12.7. The molecule has 0 spiro atoms. The Hall–Kier alpha value is -1.14. The fraction of sp³-hybridized carbons (Fsp3) is 0. The van der Waals surface area contributed by atoms with E-state index in [9.17, 15) is 17.4 Å². The van der Waals surface area contributed by atoms with Gasteiger partial charge in [-0.05, 0) is 12.1 Å². The van der Waals surface area contributed by atoms with E-state index in [0.717, 1.165) is 12.1 Å². The number of hydrogen-bond donors (Lipinski definition) is 1. The summed E-state index contributed by atoms with van der Waals surface area (Å²) < 4.78 is 44.5. The van der Waals surface area contributed by atoms with Crippen molar-refractivity contribution in [1.29, 1.82) is 0 Å². The van der Waals surface area contributed by atoms with Crippen LogP contribution in [0.5, 0.6) is 0 Å². The van der Waals surface area contributed by atoms with Gasteiger partial charge in [-0.15, -0.1) is 0 Å². The molecule has 6 heteroatoms. The van der Waals surface area contributed by atoms with E-state index < -0.39 is 16.1 Å². The van der Waals surface area contributed by atoms with E-state index in [0.29, 0.717) is 0 Å². The van der Waals surface area contributed by atoms with Crippen LogP contribution < -0.4 is 4.72 Å². The highest BCUT2D eigenvalue weighted by molar-refractivity contribution is 7.87. The second kappa shape index (κ2) is 3.08. The average Bonchev–Trinajstić information content (AvgIpc) is 1.91. The molecular formula is C6H5FNO3S-. The summed E-state index contributed by atoms with van der Waals surface area (Å²) in [7, 11) is -4.64. The third-order valence-electron chi connectivity index (χ3n) is 1.11. The zero-order valence-electron chi connectivity index (χ0n) is 5.82. The lowest BCUT2D eigenvalue weighted by molar-refractivity contribution is 0.469. The number of para-hydroxylation sites is 1. The first kappa shape index (κ1) is 8.95. The Morgan fingerprint density at radius 2 is 1.92 bits per heavy atom. The van der Waals surface area contributed by atoms with Crippen LogP contribution in [0.25, 0.3) is 0 Å². The zero-order valence-corrected chi connectivity index (χ0v) is 6.64. The monoisotopic (exact) mass is 190 g/mol. The van der Waals surface area contributed by atoms with Crippen molar-refractivity contribution >= 4 is 16.0 Å². The van der Waals surface area contributed by atoms with Crippen LogP contribution in [0.4, 0.5) is 10.1 Å². The van der Waals surface area contributed by atoms with E-state index in [1.165, 1.54) is 16.9 Å². The van der Waals surface area contributed by atoms with Gasteiger partial charge in [-0.25, -0.2) is 12.8 Å². The zero-order chi connectivity index (χ0) is 9.19. The molecule has 1 aromatic rings. The first-order chi connectivity index (χ1) is 5.49. The molecule has 66 valence electrons. The third-order valence-corrected chi connectivity index (χ3v) is 1.58. The maximum Gasteiger partial charge on any atom is 0.181 e. The van der Waals surface area contributed by atoms with Gasteiger partial charge in [-0.2, -0.15) is 0 Å². The van der Waals surface area contributed by atoms with Gasteiger partial charge < -0.3 is 4.55 Å². The highest BCUT2D eigenvalue weighted by Gasteiger charge is 2.01. The molecule has 0 amide bonds. The van der Waals surface area contributed by atoms with Gasteiger partial charge in [0.05, 0.1) is 5.69 Å². The van der Waals surface area contributed by atoms with E-state index in [1.807, 2.05) is 0 Å². The molecular weight excluding hydrogens is 185 g/mol. The van der Waals surface area contributed by atoms with Gasteiger partial charge in [0.1, 0.15) is 5.82 Å². The average molecular weight is 190 g/mol. The van der Waals surface area contributed by atoms with Crippen LogP contribution >= 0.6 is 0 Å². The lowest BCUT2D eigenvalue weighted by Crippen LogP contribution is -2.11. The summed E-state index contributed by atoms with van der Waals surface area (Å²) in [6.45, 7) is 0. The fourth-order valence-corrected chi connectivity index (χ4v) is 1.11. The summed E-state index contributed by atoms with van der Waals surface area (Å²) >= 11 is 0. The number of rotatable bonds is 2. The summed E-state index contributed by atoms with van der Waals surface area (Å²) in [6, 6.07) is 5.01. The topological polar surface area (TPSA) is 69.2 Å². The van der Waals surface area contributed by atoms with Crippen molar-refractivity contribution in [2.24, 2.45) is 0 Å². The molecule has 0 saturated carbocycles. The predicted molar refractivity (Wildman–Crippen MR) is 39.7 cm³/mol.